The summed E-state index contributed by atoms with van der Waals surface area (Å²) in [5.41, 5.74) is -0.556. The molecule has 0 aliphatic heterocycles. The molecule has 1 rings (SSSR count). The second-order valence-electron chi connectivity index (χ2n) is 4.58. The minimum atomic E-state index is -0.556. The first-order valence-electron chi connectivity index (χ1n) is 4.98. The molecule has 0 radical (unpaired) electrons. The summed E-state index contributed by atoms with van der Waals surface area (Å²) in [5, 5.41) is 12.8. The Morgan fingerprint density at radius 3 is 2.67 bits per heavy atom. The Morgan fingerprint density at radius 1 is 1.50 bits per heavy atom. The van der Waals surface area contributed by atoms with Crippen LogP contribution >= 0.6 is 0 Å². The van der Waals surface area contributed by atoms with E-state index in [1.807, 2.05) is 13.8 Å². The second-order valence-corrected chi connectivity index (χ2v) is 4.58. The van der Waals surface area contributed by atoms with Crippen LogP contribution in [0.5, 0.6) is 0 Å². The fraction of sp³-hybridized carbons (Fsp3) is 1.00. The largest absolute Gasteiger partial charge is 0.389 e. The third-order valence-corrected chi connectivity index (χ3v) is 2.38. The van der Waals surface area contributed by atoms with Gasteiger partial charge in [0.2, 0.25) is 0 Å². The summed E-state index contributed by atoms with van der Waals surface area (Å²) in [6.45, 7) is 6.64. The van der Waals surface area contributed by atoms with Gasteiger partial charge in [-0.3, -0.25) is 0 Å². The molecule has 2 heteroatoms. The first kappa shape index (κ1) is 10.0. The second kappa shape index (κ2) is 3.75. The van der Waals surface area contributed by atoms with Gasteiger partial charge in [-0.25, -0.2) is 0 Å². The van der Waals surface area contributed by atoms with Crippen molar-refractivity contribution in [2.45, 2.75) is 51.7 Å². The van der Waals surface area contributed by atoms with Gasteiger partial charge in [0.15, 0.2) is 0 Å². The van der Waals surface area contributed by atoms with Crippen molar-refractivity contribution in [2.75, 3.05) is 6.54 Å². The van der Waals surface area contributed by atoms with Crippen LogP contribution in [-0.4, -0.2) is 23.3 Å². The minimum Gasteiger partial charge on any atom is -0.389 e. The Morgan fingerprint density at radius 2 is 2.17 bits per heavy atom. The summed E-state index contributed by atoms with van der Waals surface area (Å²) in [7, 11) is 0. The van der Waals surface area contributed by atoms with Gasteiger partial charge in [-0.15, -0.1) is 0 Å². The molecule has 2 atom stereocenters. The van der Waals surface area contributed by atoms with Gasteiger partial charge in [0.25, 0.3) is 0 Å². The van der Waals surface area contributed by atoms with E-state index < -0.39 is 5.60 Å². The molecule has 72 valence electrons. The topological polar surface area (TPSA) is 32.3 Å². The van der Waals surface area contributed by atoms with Crippen LogP contribution in [0.15, 0.2) is 0 Å². The number of hydrogen-bond donors (Lipinski definition) is 2. The van der Waals surface area contributed by atoms with Crippen molar-refractivity contribution < 1.29 is 5.11 Å². The zero-order valence-electron chi connectivity index (χ0n) is 8.43. The summed E-state index contributed by atoms with van der Waals surface area (Å²) >= 11 is 0. The Kier molecular flexibility index (Phi) is 3.13. The lowest BCUT2D eigenvalue weighted by molar-refractivity contribution is 0.0790. The molecule has 1 fully saturated rings. The van der Waals surface area contributed by atoms with E-state index in [1.165, 1.54) is 19.3 Å². The van der Waals surface area contributed by atoms with Crippen molar-refractivity contribution in [3.8, 4) is 0 Å². The van der Waals surface area contributed by atoms with Crippen LogP contribution < -0.4 is 5.32 Å². The predicted octanol–water partition coefficient (Wildman–Crippen LogP) is 1.54. The van der Waals surface area contributed by atoms with Gasteiger partial charge >= 0.3 is 0 Å². The molecule has 1 aliphatic carbocycles. The molecule has 12 heavy (non-hydrogen) atoms. The van der Waals surface area contributed by atoms with Gasteiger partial charge in [0.05, 0.1) is 5.60 Å². The van der Waals surface area contributed by atoms with Crippen LogP contribution in [0.1, 0.15) is 40.0 Å². The molecule has 0 bridgehead atoms. The Balaban J connectivity index is 2.04. The highest BCUT2D eigenvalue weighted by Crippen LogP contribution is 2.34. The van der Waals surface area contributed by atoms with E-state index in [9.17, 15) is 5.11 Å². The Bertz CT molecular complexity index is 139. The molecule has 2 unspecified atom stereocenters. The lowest BCUT2D eigenvalue weighted by atomic mass is 10.1. The highest BCUT2D eigenvalue weighted by Gasteiger charge is 2.36. The standard InChI is InChI=1S/C10H21NO/c1-4-5-8-6-9(8)11-7-10(2,3)12/h8-9,11-12H,4-7H2,1-3H3. The number of nitrogens with one attached hydrogen (secondary N) is 1. The number of rotatable bonds is 5. The van der Waals surface area contributed by atoms with E-state index in [2.05, 4.69) is 12.2 Å². The predicted molar refractivity (Wildman–Crippen MR) is 51.1 cm³/mol. The molecule has 1 aliphatic rings. The average Bonchev–Trinajstić information content (AvgIpc) is 2.63. The van der Waals surface area contributed by atoms with Gasteiger partial charge < -0.3 is 10.4 Å². The fourth-order valence-corrected chi connectivity index (χ4v) is 1.57. The van der Waals surface area contributed by atoms with Crippen molar-refractivity contribution in [3.05, 3.63) is 0 Å². The van der Waals surface area contributed by atoms with E-state index in [1.54, 1.807) is 0 Å². The molecular formula is C10H21NO. The maximum absolute atomic E-state index is 9.45. The maximum Gasteiger partial charge on any atom is 0.0715 e. The van der Waals surface area contributed by atoms with Crippen molar-refractivity contribution in [1.82, 2.24) is 5.32 Å². The molecule has 1 saturated carbocycles. The minimum absolute atomic E-state index is 0.556. The van der Waals surface area contributed by atoms with Crippen molar-refractivity contribution >= 4 is 0 Å². The molecule has 0 spiro atoms. The summed E-state index contributed by atoms with van der Waals surface area (Å²) < 4.78 is 0. The normalized spacial score (nSPS) is 29.0. The zero-order chi connectivity index (χ0) is 9.19. The van der Waals surface area contributed by atoms with E-state index >= 15 is 0 Å². The first-order chi connectivity index (χ1) is 5.53. The van der Waals surface area contributed by atoms with Crippen LogP contribution in [0.25, 0.3) is 0 Å². The van der Waals surface area contributed by atoms with Crippen LogP contribution in [0.2, 0.25) is 0 Å². The third-order valence-electron chi connectivity index (χ3n) is 2.38. The van der Waals surface area contributed by atoms with Gasteiger partial charge in [0.1, 0.15) is 0 Å². The molecular weight excluding hydrogens is 150 g/mol. The average molecular weight is 171 g/mol. The number of aliphatic hydroxyl groups is 1. The molecule has 2 N–H and O–H groups in total. The number of hydrogen-bond acceptors (Lipinski definition) is 2. The monoisotopic (exact) mass is 171 g/mol. The van der Waals surface area contributed by atoms with Gasteiger partial charge in [-0.2, -0.15) is 0 Å². The van der Waals surface area contributed by atoms with E-state index in [4.69, 9.17) is 0 Å². The molecule has 0 aromatic rings. The van der Waals surface area contributed by atoms with Gasteiger partial charge in [0, 0.05) is 12.6 Å². The maximum atomic E-state index is 9.45. The summed E-state index contributed by atoms with van der Waals surface area (Å²) in [6, 6.07) is 0.691. The quantitative estimate of drug-likeness (QED) is 0.657. The fourth-order valence-electron chi connectivity index (χ4n) is 1.57. The lowest BCUT2D eigenvalue weighted by Crippen LogP contribution is -2.36. The zero-order valence-corrected chi connectivity index (χ0v) is 8.43. The van der Waals surface area contributed by atoms with Crippen LogP contribution in [0.3, 0.4) is 0 Å². The molecule has 0 heterocycles. The van der Waals surface area contributed by atoms with Crippen LogP contribution in [-0.2, 0) is 0 Å². The smallest absolute Gasteiger partial charge is 0.0715 e. The molecule has 2 nitrogen and oxygen atoms in total. The molecule has 0 amide bonds. The Hall–Kier alpha value is -0.0800. The molecule has 0 saturated heterocycles. The Labute approximate surface area is 75.4 Å². The molecule has 0 aromatic heterocycles. The summed E-state index contributed by atoms with van der Waals surface area (Å²) in [5.74, 6) is 0.886. The highest BCUT2D eigenvalue weighted by atomic mass is 16.3. The third kappa shape index (κ3) is 3.55. The lowest BCUT2D eigenvalue weighted by Gasteiger charge is -2.17. The first-order valence-corrected chi connectivity index (χ1v) is 4.98. The van der Waals surface area contributed by atoms with E-state index in [0.29, 0.717) is 6.04 Å². The summed E-state index contributed by atoms with van der Waals surface area (Å²) in [6.07, 6.45) is 3.93. The van der Waals surface area contributed by atoms with Crippen LogP contribution in [0, 0.1) is 5.92 Å². The van der Waals surface area contributed by atoms with Crippen molar-refractivity contribution in [1.29, 1.82) is 0 Å². The van der Waals surface area contributed by atoms with Crippen LogP contribution in [0.4, 0.5) is 0 Å². The SMILES string of the molecule is CCCC1CC1NCC(C)(C)O. The van der Waals surface area contributed by atoms with E-state index in [-0.39, 0.29) is 0 Å². The summed E-state index contributed by atoms with van der Waals surface area (Å²) in [4.78, 5) is 0. The van der Waals surface area contributed by atoms with Crippen molar-refractivity contribution in [3.63, 3.8) is 0 Å². The van der Waals surface area contributed by atoms with Crippen molar-refractivity contribution in [2.24, 2.45) is 5.92 Å². The van der Waals surface area contributed by atoms with Gasteiger partial charge in [-0.1, -0.05) is 13.3 Å². The highest BCUT2D eigenvalue weighted by molar-refractivity contribution is 4.93. The molecule has 0 aromatic carbocycles. The van der Waals surface area contributed by atoms with E-state index in [0.717, 1.165) is 12.5 Å². The van der Waals surface area contributed by atoms with Gasteiger partial charge in [-0.05, 0) is 32.6 Å².